The van der Waals surface area contributed by atoms with Crippen LogP contribution in [0.4, 0.5) is 4.39 Å². The number of rotatable bonds is 3. The van der Waals surface area contributed by atoms with Gasteiger partial charge < -0.3 is 14.6 Å². The van der Waals surface area contributed by atoms with Crippen LogP contribution in [-0.2, 0) is 16.0 Å². The lowest BCUT2D eigenvalue weighted by atomic mass is 9.99. The van der Waals surface area contributed by atoms with Gasteiger partial charge in [-0.3, -0.25) is 4.79 Å². The molecular formula is C13H15FO4. The summed E-state index contributed by atoms with van der Waals surface area (Å²) in [5.74, 6) is -0.155. The molecule has 0 amide bonds. The van der Waals surface area contributed by atoms with E-state index in [0.29, 0.717) is 18.6 Å². The number of hydrogen-bond acceptors (Lipinski definition) is 4. The third-order valence-corrected chi connectivity index (χ3v) is 2.89. The molecule has 0 saturated heterocycles. The van der Waals surface area contributed by atoms with Crippen LogP contribution in [0.5, 0.6) is 5.75 Å². The van der Waals surface area contributed by atoms with Crippen LogP contribution in [0.3, 0.4) is 0 Å². The predicted octanol–water partition coefficient (Wildman–Crippen LogP) is 1.44. The maximum absolute atomic E-state index is 13.0. The van der Waals surface area contributed by atoms with Gasteiger partial charge in [0.1, 0.15) is 30.4 Å². The SMILES string of the molecule is CC(=O)OC[C@H](O)C1CCc2cc(F)ccc2O1. The molecule has 1 heterocycles. The van der Waals surface area contributed by atoms with E-state index in [1.54, 1.807) is 6.07 Å². The Labute approximate surface area is 104 Å². The van der Waals surface area contributed by atoms with Crippen LogP contribution in [0.1, 0.15) is 18.9 Å². The van der Waals surface area contributed by atoms with Crippen molar-refractivity contribution in [1.29, 1.82) is 0 Å². The minimum atomic E-state index is -0.868. The van der Waals surface area contributed by atoms with E-state index in [1.807, 2.05) is 0 Å². The molecule has 1 aliphatic heterocycles. The van der Waals surface area contributed by atoms with E-state index in [9.17, 15) is 14.3 Å². The van der Waals surface area contributed by atoms with Crippen molar-refractivity contribution in [1.82, 2.24) is 0 Å². The number of aliphatic hydroxyl groups is 1. The summed E-state index contributed by atoms with van der Waals surface area (Å²) >= 11 is 0. The van der Waals surface area contributed by atoms with Gasteiger partial charge in [0.2, 0.25) is 0 Å². The Kier molecular flexibility index (Phi) is 3.81. The number of aliphatic hydroxyl groups excluding tert-OH is 1. The van der Waals surface area contributed by atoms with Gasteiger partial charge in [-0.1, -0.05) is 0 Å². The monoisotopic (exact) mass is 254 g/mol. The van der Waals surface area contributed by atoms with Crippen LogP contribution in [0.2, 0.25) is 0 Å². The van der Waals surface area contributed by atoms with Crippen molar-refractivity contribution in [2.45, 2.75) is 32.0 Å². The Hall–Kier alpha value is -1.62. The van der Waals surface area contributed by atoms with Gasteiger partial charge in [-0.2, -0.15) is 0 Å². The van der Waals surface area contributed by atoms with E-state index in [2.05, 4.69) is 0 Å². The third kappa shape index (κ3) is 2.98. The number of carbonyl (C=O) groups excluding carboxylic acids is 1. The van der Waals surface area contributed by atoms with Crippen LogP contribution in [0.15, 0.2) is 18.2 Å². The molecule has 0 radical (unpaired) electrons. The lowest BCUT2D eigenvalue weighted by Gasteiger charge is -2.29. The molecule has 1 N–H and O–H groups in total. The molecule has 4 nitrogen and oxygen atoms in total. The zero-order valence-corrected chi connectivity index (χ0v) is 10.1. The summed E-state index contributed by atoms with van der Waals surface area (Å²) < 4.78 is 23.3. The number of aryl methyl sites for hydroxylation is 1. The van der Waals surface area contributed by atoms with Gasteiger partial charge in [0.25, 0.3) is 0 Å². The highest BCUT2D eigenvalue weighted by molar-refractivity contribution is 5.65. The molecule has 18 heavy (non-hydrogen) atoms. The molecule has 1 aliphatic rings. The molecule has 0 bridgehead atoms. The number of benzene rings is 1. The molecule has 1 aromatic rings. The fraction of sp³-hybridized carbons (Fsp3) is 0.462. The Morgan fingerprint density at radius 1 is 1.67 bits per heavy atom. The molecule has 2 rings (SSSR count). The molecule has 2 atom stereocenters. The van der Waals surface area contributed by atoms with Crippen molar-refractivity contribution < 1.29 is 23.8 Å². The van der Waals surface area contributed by atoms with Crippen LogP contribution in [0.25, 0.3) is 0 Å². The smallest absolute Gasteiger partial charge is 0.302 e. The van der Waals surface area contributed by atoms with Gasteiger partial charge in [-0.05, 0) is 36.6 Å². The van der Waals surface area contributed by atoms with Crippen molar-refractivity contribution in [3.8, 4) is 5.75 Å². The van der Waals surface area contributed by atoms with E-state index in [0.717, 1.165) is 5.56 Å². The topological polar surface area (TPSA) is 55.8 Å². The van der Waals surface area contributed by atoms with Crippen molar-refractivity contribution in [2.24, 2.45) is 0 Å². The van der Waals surface area contributed by atoms with E-state index >= 15 is 0 Å². The summed E-state index contributed by atoms with van der Waals surface area (Å²) in [6.45, 7) is 1.20. The summed E-state index contributed by atoms with van der Waals surface area (Å²) in [4.78, 5) is 10.7. The highest BCUT2D eigenvalue weighted by Crippen LogP contribution is 2.29. The number of halogens is 1. The van der Waals surface area contributed by atoms with Gasteiger partial charge in [0, 0.05) is 6.92 Å². The molecule has 0 aromatic heterocycles. The molecule has 0 spiro atoms. The van der Waals surface area contributed by atoms with Crippen molar-refractivity contribution in [3.05, 3.63) is 29.6 Å². The standard InChI is InChI=1S/C13H15FO4/c1-8(15)17-7-11(16)13-4-2-9-6-10(14)3-5-12(9)18-13/h3,5-6,11,13,16H,2,4,7H2,1H3/t11-,13?/m0/s1. The van der Waals surface area contributed by atoms with Crippen LogP contribution in [-0.4, -0.2) is 29.9 Å². The predicted molar refractivity (Wildman–Crippen MR) is 61.8 cm³/mol. The number of hydrogen-bond donors (Lipinski definition) is 1. The van der Waals surface area contributed by atoms with E-state index in [1.165, 1.54) is 19.1 Å². The molecule has 0 aliphatic carbocycles. The summed E-state index contributed by atoms with van der Waals surface area (Å²) in [6, 6.07) is 4.30. The number of carbonyl (C=O) groups is 1. The minimum absolute atomic E-state index is 0.0868. The second-order valence-corrected chi connectivity index (χ2v) is 4.32. The van der Waals surface area contributed by atoms with Gasteiger partial charge in [0.15, 0.2) is 0 Å². The normalized spacial score (nSPS) is 19.6. The van der Waals surface area contributed by atoms with Gasteiger partial charge in [-0.15, -0.1) is 0 Å². The third-order valence-electron chi connectivity index (χ3n) is 2.89. The summed E-state index contributed by atoms with van der Waals surface area (Å²) in [6.07, 6.45) is -0.0947. The van der Waals surface area contributed by atoms with Crippen molar-refractivity contribution in [3.63, 3.8) is 0 Å². The Balaban J connectivity index is 1.98. The molecule has 1 aromatic carbocycles. The molecule has 0 saturated carbocycles. The van der Waals surface area contributed by atoms with Crippen LogP contribution < -0.4 is 4.74 Å². The number of fused-ring (bicyclic) bond motifs is 1. The highest BCUT2D eigenvalue weighted by atomic mass is 19.1. The van der Waals surface area contributed by atoms with E-state index in [-0.39, 0.29) is 12.4 Å². The molecule has 98 valence electrons. The summed E-state index contributed by atoms with van der Waals surface area (Å²) in [5, 5.41) is 9.83. The molecule has 1 unspecified atom stereocenters. The average molecular weight is 254 g/mol. The van der Waals surface area contributed by atoms with Crippen LogP contribution in [0, 0.1) is 5.82 Å². The lowest BCUT2D eigenvalue weighted by molar-refractivity contribution is -0.146. The van der Waals surface area contributed by atoms with Gasteiger partial charge >= 0.3 is 5.97 Å². The lowest BCUT2D eigenvalue weighted by Crippen LogP contribution is -2.38. The Morgan fingerprint density at radius 3 is 3.17 bits per heavy atom. The maximum atomic E-state index is 13.0. The average Bonchev–Trinajstić information content (AvgIpc) is 2.35. The summed E-state index contributed by atoms with van der Waals surface area (Å²) in [5.41, 5.74) is 0.797. The zero-order valence-electron chi connectivity index (χ0n) is 10.1. The fourth-order valence-corrected chi connectivity index (χ4v) is 1.96. The van der Waals surface area contributed by atoms with Gasteiger partial charge in [-0.25, -0.2) is 4.39 Å². The maximum Gasteiger partial charge on any atom is 0.302 e. The first kappa shape index (κ1) is 12.8. The second-order valence-electron chi connectivity index (χ2n) is 4.32. The first-order chi connectivity index (χ1) is 8.56. The van der Waals surface area contributed by atoms with Crippen LogP contribution >= 0.6 is 0 Å². The molecule has 5 heteroatoms. The second kappa shape index (κ2) is 5.35. The molecule has 0 fully saturated rings. The Morgan fingerprint density at radius 2 is 2.44 bits per heavy atom. The first-order valence-corrected chi connectivity index (χ1v) is 5.83. The quantitative estimate of drug-likeness (QED) is 0.829. The minimum Gasteiger partial charge on any atom is -0.487 e. The Bertz CT molecular complexity index is 447. The van der Waals surface area contributed by atoms with Gasteiger partial charge in [0.05, 0.1) is 0 Å². The van der Waals surface area contributed by atoms with Crippen molar-refractivity contribution in [2.75, 3.05) is 6.61 Å². The summed E-state index contributed by atoms with van der Waals surface area (Å²) in [7, 11) is 0. The zero-order chi connectivity index (χ0) is 13.1. The van der Waals surface area contributed by atoms with Crippen molar-refractivity contribution >= 4 is 5.97 Å². The number of esters is 1. The number of ether oxygens (including phenoxy) is 2. The van der Waals surface area contributed by atoms with E-state index in [4.69, 9.17) is 9.47 Å². The largest absolute Gasteiger partial charge is 0.487 e. The highest BCUT2D eigenvalue weighted by Gasteiger charge is 2.27. The van der Waals surface area contributed by atoms with E-state index < -0.39 is 18.2 Å². The molecular weight excluding hydrogens is 239 g/mol. The first-order valence-electron chi connectivity index (χ1n) is 5.83. The fourth-order valence-electron chi connectivity index (χ4n) is 1.96.